The van der Waals surface area contributed by atoms with Gasteiger partial charge in [-0.25, -0.2) is 9.97 Å². The lowest BCUT2D eigenvalue weighted by atomic mass is 9.92. The lowest BCUT2D eigenvalue weighted by Gasteiger charge is -2.31. The number of benzene rings is 1. The van der Waals surface area contributed by atoms with E-state index in [-0.39, 0.29) is 17.9 Å². The fraction of sp³-hybridized carbons (Fsp3) is 0.591. The summed E-state index contributed by atoms with van der Waals surface area (Å²) in [4.78, 5) is 23.0. The summed E-state index contributed by atoms with van der Waals surface area (Å²) < 4.78 is 12.0. The number of fused-ring (bicyclic) bond motifs is 1. The van der Waals surface area contributed by atoms with Crippen LogP contribution in [-0.2, 0) is 9.53 Å². The molecule has 0 unspecified atom stereocenters. The summed E-state index contributed by atoms with van der Waals surface area (Å²) in [6.45, 7) is 3.24. The van der Waals surface area contributed by atoms with Gasteiger partial charge in [0.15, 0.2) is 0 Å². The van der Waals surface area contributed by atoms with Crippen molar-refractivity contribution in [2.45, 2.75) is 50.7 Å². The molecule has 3 fully saturated rings. The van der Waals surface area contributed by atoms with Gasteiger partial charge in [-0.05, 0) is 44.6 Å². The van der Waals surface area contributed by atoms with E-state index >= 15 is 0 Å². The maximum atomic E-state index is 12.0. The van der Waals surface area contributed by atoms with Crippen LogP contribution in [0.1, 0.15) is 38.5 Å². The SMILES string of the molecule is O=C(N[C@H]1CC[C@@H](Oc2cc(N3CCOCC3)cc3ncncc23)CC1)C1CC1. The van der Waals surface area contributed by atoms with E-state index in [9.17, 15) is 4.79 Å². The smallest absolute Gasteiger partial charge is 0.223 e. The molecule has 1 N–H and O–H groups in total. The van der Waals surface area contributed by atoms with Crippen LogP contribution >= 0.6 is 0 Å². The van der Waals surface area contributed by atoms with E-state index in [0.29, 0.717) is 6.04 Å². The zero-order valence-corrected chi connectivity index (χ0v) is 16.7. The van der Waals surface area contributed by atoms with E-state index in [4.69, 9.17) is 9.47 Å². The summed E-state index contributed by atoms with van der Waals surface area (Å²) in [6.07, 6.45) is 9.54. The first-order valence-electron chi connectivity index (χ1n) is 10.8. The van der Waals surface area contributed by atoms with Gasteiger partial charge in [-0.2, -0.15) is 0 Å². The standard InChI is InChI=1S/C22H28N4O3/c27-22(15-1-2-15)25-16-3-5-18(6-4-16)29-21-12-17(26-7-9-28-10-8-26)11-20-19(21)13-23-14-24-20/h11-16,18H,1-10H2,(H,25,27)/t16-,18+. The van der Waals surface area contributed by atoms with Crippen molar-refractivity contribution in [2.75, 3.05) is 31.2 Å². The molecule has 2 aliphatic carbocycles. The predicted molar refractivity (Wildman–Crippen MR) is 110 cm³/mol. The fourth-order valence-corrected chi connectivity index (χ4v) is 4.31. The van der Waals surface area contributed by atoms with Crippen LogP contribution < -0.4 is 15.0 Å². The Hall–Kier alpha value is -2.41. The topological polar surface area (TPSA) is 76.6 Å². The minimum absolute atomic E-state index is 0.160. The number of aromatic nitrogens is 2. The minimum Gasteiger partial charge on any atom is -0.490 e. The van der Waals surface area contributed by atoms with Crippen molar-refractivity contribution in [1.29, 1.82) is 0 Å². The molecule has 0 radical (unpaired) electrons. The zero-order valence-electron chi connectivity index (χ0n) is 16.7. The monoisotopic (exact) mass is 396 g/mol. The molecule has 154 valence electrons. The average molecular weight is 396 g/mol. The molecule has 29 heavy (non-hydrogen) atoms. The average Bonchev–Trinajstić information content (AvgIpc) is 3.61. The van der Waals surface area contributed by atoms with Crippen molar-refractivity contribution in [3.8, 4) is 5.75 Å². The van der Waals surface area contributed by atoms with Crippen molar-refractivity contribution in [2.24, 2.45) is 5.92 Å². The summed E-state index contributed by atoms with van der Waals surface area (Å²) in [5, 5.41) is 4.17. The second-order valence-corrected chi connectivity index (χ2v) is 8.37. The molecule has 3 aliphatic rings. The van der Waals surface area contributed by atoms with Gasteiger partial charge in [-0.15, -0.1) is 0 Å². The Kier molecular flexibility index (Phi) is 5.23. The number of rotatable bonds is 5. The Morgan fingerprint density at radius 1 is 1.10 bits per heavy atom. The van der Waals surface area contributed by atoms with Gasteiger partial charge < -0.3 is 19.7 Å². The summed E-state index contributed by atoms with van der Waals surface area (Å²) in [5.74, 6) is 1.38. The van der Waals surface area contributed by atoms with Crippen molar-refractivity contribution in [3.63, 3.8) is 0 Å². The Morgan fingerprint density at radius 3 is 2.66 bits per heavy atom. The Balaban J connectivity index is 1.28. The van der Waals surface area contributed by atoms with Crippen LogP contribution in [0.5, 0.6) is 5.75 Å². The van der Waals surface area contributed by atoms with Crippen LogP contribution in [0.15, 0.2) is 24.7 Å². The minimum atomic E-state index is 0.160. The lowest BCUT2D eigenvalue weighted by molar-refractivity contribution is -0.123. The van der Waals surface area contributed by atoms with Crippen molar-refractivity contribution in [3.05, 3.63) is 24.7 Å². The molecule has 0 spiro atoms. The molecule has 1 amide bonds. The normalized spacial score (nSPS) is 25.0. The van der Waals surface area contributed by atoms with Gasteiger partial charge in [-0.1, -0.05) is 0 Å². The number of nitrogens with one attached hydrogen (secondary N) is 1. The van der Waals surface area contributed by atoms with Gasteiger partial charge in [-0.3, -0.25) is 4.79 Å². The highest BCUT2D eigenvalue weighted by atomic mass is 16.5. The van der Waals surface area contributed by atoms with Gasteiger partial charge >= 0.3 is 0 Å². The Bertz CT molecular complexity index is 871. The van der Waals surface area contributed by atoms with Crippen LogP contribution in [-0.4, -0.2) is 54.3 Å². The van der Waals surface area contributed by atoms with Crippen molar-refractivity contribution < 1.29 is 14.3 Å². The van der Waals surface area contributed by atoms with E-state index in [1.54, 1.807) is 6.33 Å². The molecule has 0 atom stereocenters. The highest BCUT2D eigenvalue weighted by Crippen LogP contribution is 2.34. The van der Waals surface area contributed by atoms with Crippen molar-refractivity contribution in [1.82, 2.24) is 15.3 Å². The van der Waals surface area contributed by atoms with E-state index < -0.39 is 0 Å². The molecular formula is C22H28N4O3. The van der Waals surface area contributed by atoms with Gasteiger partial charge in [0, 0.05) is 43.0 Å². The molecule has 0 bridgehead atoms. The first-order valence-corrected chi connectivity index (χ1v) is 10.8. The number of anilines is 1. The highest BCUT2D eigenvalue weighted by Gasteiger charge is 2.32. The number of amides is 1. The van der Waals surface area contributed by atoms with E-state index in [2.05, 4.69) is 32.3 Å². The van der Waals surface area contributed by atoms with Gasteiger partial charge in [0.1, 0.15) is 12.1 Å². The number of nitrogens with zero attached hydrogens (tertiary/aromatic N) is 3. The number of hydrogen-bond acceptors (Lipinski definition) is 6. The molecule has 1 saturated heterocycles. The number of carbonyl (C=O) groups excluding carboxylic acids is 1. The first kappa shape index (κ1) is 18.6. The van der Waals surface area contributed by atoms with Gasteiger partial charge in [0.25, 0.3) is 0 Å². The zero-order chi connectivity index (χ0) is 19.6. The quantitative estimate of drug-likeness (QED) is 0.837. The van der Waals surface area contributed by atoms with E-state index in [0.717, 1.165) is 87.2 Å². The molecule has 1 aromatic heterocycles. The Labute approximate surface area is 170 Å². The van der Waals surface area contributed by atoms with Crippen LogP contribution in [0, 0.1) is 5.92 Å². The molecule has 2 saturated carbocycles. The van der Waals surface area contributed by atoms with Gasteiger partial charge in [0.05, 0.1) is 30.2 Å². The number of carbonyl (C=O) groups is 1. The number of ether oxygens (including phenoxy) is 2. The van der Waals surface area contributed by atoms with Crippen LogP contribution in [0.3, 0.4) is 0 Å². The predicted octanol–water partition coefficient (Wildman–Crippen LogP) is 2.68. The molecular weight excluding hydrogens is 368 g/mol. The summed E-state index contributed by atoms with van der Waals surface area (Å²) in [6, 6.07) is 4.53. The van der Waals surface area contributed by atoms with Crippen LogP contribution in [0.4, 0.5) is 5.69 Å². The molecule has 5 rings (SSSR count). The van der Waals surface area contributed by atoms with E-state index in [1.165, 1.54) is 0 Å². The highest BCUT2D eigenvalue weighted by molar-refractivity contribution is 5.88. The molecule has 7 nitrogen and oxygen atoms in total. The van der Waals surface area contributed by atoms with E-state index in [1.807, 2.05) is 6.20 Å². The molecule has 7 heteroatoms. The van der Waals surface area contributed by atoms with Crippen LogP contribution in [0.25, 0.3) is 10.9 Å². The second kappa shape index (κ2) is 8.14. The van der Waals surface area contributed by atoms with Crippen LogP contribution in [0.2, 0.25) is 0 Å². The number of morpholine rings is 1. The maximum absolute atomic E-state index is 12.0. The largest absolute Gasteiger partial charge is 0.490 e. The van der Waals surface area contributed by atoms with Crippen molar-refractivity contribution >= 4 is 22.5 Å². The third-order valence-electron chi connectivity index (χ3n) is 6.21. The summed E-state index contributed by atoms with van der Waals surface area (Å²) >= 11 is 0. The maximum Gasteiger partial charge on any atom is 0.223 e. The third kappa shape index (κ3) is 4.29. The second-order valence-electron chi connectivity index (χ2n) is 8.37. The molecule has 1 aliphatic heterocycles. The summed E-state index contributed by atoms with van der Waals surface area (Å²) in [5.41, 5.74) is 2.03. The number of hydrogen-bond donors (Lipinski definition) is 1. The Morgan fingerprint density at radius 2 is 1.90 bits per heavy atom. The molecule has 2 aromatic rings. The molecule has 1 aromatic carbocycles. The summed E-state index contributed by atoms with van der Waals surface area (Å²) in [7, 11) is 0. The lowest BCUT2D eigenvalue weighted by Crippen LogP contribution is -2.40. The first-order chi connectivity index (χ1) is 14.3. The fourth-order valence-electron chi connectivity index (χ4n) is 4.31. The van der Waals surface area contributed by atoms with Gasteiger partial charge in [0.2, 0.25) is 5.91 Å². The third-order valence-corrected chi connectivity index (χ3v) is 6.21. The molecule has 2 heterocycles.